The van der Waals surface area contributed by atoms with Gasteiger partial charge >= 0.3 is 0 Å². The van der Waals surface area contributed by atoms with Crippen LogP contribution < -0.4 is 5.32 Å². The molecule has 6 heteroatoms. The van der Waals surface area contributed by atoms with Gasteiger partial charge in [-0.25, -0.2) is 0 Å². The van der Waals surface area contributed by atoms with Gasteiger partial charge < -0.3 is 15.3 Å². The average molecular weight is 379 g/mol. The van der Waals surface area contributed by atoms with Crippen LogP contribution in [0.5, 0.6) is 0 Å². The number of hydrogen-bond donors (Lipinski definition) is 2. The van der Waals surface area contributed by atoms with Crippen LogP contribution in [-0.4, -0.2) is 52.0 Å². The SMILES string of the molecule is C/C=C/c1ccc([C@@H]2[C@H](CO)N(C(C)=O)[C@H]2CNC(=O)c2ccncc2)cc1. The minimum Gasteiger partial charge on any atom is -0.394 e. The van der Waals surface area contributed by atoms with Gasteiger partial charge in [0.2, 0.25) is 5.91 Å². The lowest BCUT2D eigenvalue weighted by Gasteiger charge is -2.54. The molecule has 6 nitrogen and oxygen atoms in total. The van der Waals surface area contributed by atoms with Crippen LogP contribution >= 0.6 is 0 Å². The predicted octanol–water partition coefficient (Wildman–Crippen LogP) is 2.22. The fourth-order valence-electron chi connectivity index (χ4n) is 3.91. The van der Waals surface area contributed by atoms with Crippen molar-refractivity contribution in [2.24, 2.45) is 0 Å². The van der Waals surface area contributed by atoms with E-state index in [0.29, 0.717) is 12.1 Å². The van der Waals surface area contributed by atoms with Gasteiger partial charge in [0.05, 0.1) is 18.7 Å². The number of benzene rings is 1. The van der Waals surface area contributed by atoms with Crippen molar-refractivity contribution in [2.45, 2.75) is 31.8 Å². The first kappa shape index (κ1) is 19.8. The number of aliphatic hydroxyl groups is 1. The van der Waals surface area contributed by atoms with Crippen LogP contribution in [0.25, 0.3) is 6.08 Å². The maximum atomic E-state index is 12.4. The molecule has 28 heavy (non-hydrogen) atoms. The normalized spacial score (nSPS) is 21.4. The van der Waals surface area contributed by atoms with Crippen molar-refractivity contribution in [3.8, 4) is 0 Å². The number of nitrogens with zero attached hydrogens (tertiary/aromatic N) is 2. The molecule has 0 bridgehead atoms. The number of allylic oxidation sites excluding steroid dienone is 1. The molecule has 2 heterocycles. The van der Waals surface area contributed by atoms with Gasteiger partial charge in [-0.05, 0) is 30.2 Å². The van der Waals surface area contributed by atoms with E-state index >= 15 is 0 Å². The Labute approximate surface area is 164 Å². The molecule has 2 N–H and O–H groups in total. The molecule has 1 saturated heterocycles. The highest BCUT2D eigenvalue weighted by Gasteiger charge is 2.49. The van der Waals surface area contributed by atoms with E-state index in [-0.39, 0.29) is 36.4 Å². The summed E-state index contributed by atoms with van der Waals surface area (Å²) in [5.41, 5.74) is 2.67. The lowest BCUT2D eigenvalue weighted by molar-refractivity contribution is -0.147. The Morgan fingerprint density at radius 3 is 2.39 bits per heavy atom. The molecule has 1 aromatic carbocycles. The maximum Gasteiger partial charge on any atom is 0.251 e. The zero-order valence-corrected chi connectivity index (χ0v) is 16.1. The molecule has 0 radical (unpaired) electrons. The van der Waals surface area contributed by atoms with E-state index in [1.165, 1.54) is 6.92 Å². The fourth-order valence-corrected chi connectivity index (χ4v) is 3.91. The molecular formula is C22H25N3O3. The van der Waals surface area contributed by atoms with Crippen molar-refractivity contribution in [3.05, 3.63) is 71.6 Å². The number of pyridine rings is 1. The number of aromatic nitrogens is 1. The molecule has 3 rings (SSSR count). The van der Waals surface area contributed by atoms with Crippen LogP contribution in [0.2, 0.25) is 0 Å². The van der Waals surface area contributed by atoms with Crippen LogP contribution in [0.4, 0.5) is 0 Å². The molecule has 2 aromatic rings. The molecule has 1 fully saturated rings. The van der Waals surface area contributed by atoms with E-state index in [9.17, 15) is 14.7 Å². The summed E-state index contributed by atoms with van der Waals surface area (Å²) < 4.78 is 0. The minimum atomic E-state index is -0.284. The molecule has 0 unspecified atom stereocenters. The van der Waals surface area contributed by atoms with Crippen molar-refractivity contribution in [3.63, 3.8) is 0 Å². The molecule has 146 valence electrons. The Bertz CT molecular complexity index is 849. The van der Waals surface area contributed by atoms with Gasteiger partial charge in [-0.1, -0.05) is 36.4 Å². The number of nitrogens with one attached hydrogen (secondary N) is 1. The summed E-state index contributed by atoms with van der Waals surface area (Å²) in [4.78, 5) is 30.1. The summed E-state index contributed by atoms with van der Waals surface area (Å²) in [5, 5.41) is 12.8. The molecule has 1 aliphatic rings. The summed E-state index contributed by atoms with van der Waals surface area (Å²) in [6, 6.07) is 10.9. The summed E-state index contributed by atoms with van der Waals surface area (Å²) >= 11 is 0. The molecule has 0 aliphatic carbocycles. The standard InChI is InChI=1S/C22H25N3O3/c1-3-4-16-5-7-17(8-6-16)21-19(25(15(2)27)20(21)14-26)13-24-22(28)18-9-11-23-12-10-18/h3-12,19-21,26H,13-14H2,1-2H3,(H,24,28)/b4-3+/t19-,20-,21-/m0/s1. The molecule has 1 aliphatic heterocycles. The van der Waals surface area contributed by atoms with Crippen LogP contribution in [0, 0.1) is 0 Å². The van der Waals surface area contributed by atoms with Crippen molar-refractivity contribution in [1.29, 1.82) is 0 Å². The number of carbonyl (C=O) groups is 2. The van der Waals surface area contributed by atoms with Gasteiger partial charge in [0.15, 0.2) is 0 Å². The molecule has 0 spiro atoms. The van der Waals surface area contributed by atoms with E-state index in [4.69, 9.17) is 0 Å². The third kappa shape index (κ3) is 3.97. The number of likely N-dealkylation sites (tertiary alicyclic amines) is 1. The van der Waals surface area contributed by atoms with E-state index in [2.05, 4.69) is 10.3 Å². The van der Waals surface area contributed by atoms with E-state index in [0.717, 1.165) is 11.1 Å². The highest BCUT2D eigenvalue weighted by Crippen LogP contribution is 2.40. The molecule has 2 amide bonds. The average Bonchev–Trinajstić information content (AvgIpc) is 2.69. The van der Waals surface area contributed by atoms with Gasteiger partial charge in [-0.3, -0.25) is 14.6 Å². The molecule has 0 saturated carbocycles. The van der Waals surface area contributed by atoms with Gasteiger partial charge in [0.1, 0.15) is 0 Å². The van der Waals surface area contributed by atoms with Gasteiger partial charge in [0, 0.05) is 37.3 Å². The highest BCUT2D eigenvalue weighted by atomic mass is 16.3. The number of amides is 2. The number of hydrogen-bond acceptors (Lipinski definition) is 4. The first-order valence-corrected chi connectivity index (χ1v) is 9.37. The zero-order chi connectivity index (χ0) is 20.1. The lowest BCUT2D eigenvalue weighted by atomic mass is 9.75. The van der Waals surface area contributed by atoms with Gasteiger partial charge in [0.25, 0.3) is 5.91 Å². The smallest absolute Gasteiger partial charge is 0.251 e. The van der Waals surface area contributed by atoms with E-state index in [1.54, 1.807) is 29.4 Å². The molecule has 3 atom stereocenters. The fraction of sp³-hybridized carbons (Fsp3) is 0.318. The number of carbonyl (C=O) groups excluding carboxylic acids is 2. The van der Waals surface area contributed by atoms with Crippen LogP contribution in [0.1, 0.15) is 41.3 Å². The second-order valence-electron chi connectivity index (χ2n) is 6.88. The Morgan fingerprint density at radius 2 is 1.82 bits per heavy atom. The van der Waals surface area contributed by atoms with Crippen molar-refractivity contribution in [1.82, 2.24) is 15.2 Å². The number of rotatable bonds is 6. The van der Waals surface area contributed by atoms with E-state index in [1.807, 2.05) is 43.3 Å². The summed E-state index contributed by atoms with van der Waals surface area (Å²) in [5.74, 6) is -0.351. The third-order valence-corrected chi connectivity index (χ3v) is 5.19. The Hall–Kier alpha value is -2.99. The van der Waals surface area contributed by atoms with Crippen LogP contribution in [0.3, 0.4) is 0 Å². The summed E-state index contributed by atoms with van der Waals surface area (Å²) in [6.07, 6.45) is 7.13. The third-order valence-electron chi connectivity index (χ3n) is 5.19. The van der Waals surface area contributed by atoms with Crippen molar-refractivity contribution < 1.29 is 14.7 Å². The minimum absolute atomic E-state index is 0.0358. The topological polar surface area (TPSA) is 82.5 Å². The monoisotopic (exact) mass is 379 g/mol. The Balaban J connectivity index is 1.78. The van der Waals surface area contributed by atoms with Crippen molar-refractivity contribution in [2.75, 3.05) is 13.2 Å². The number of aliphatic hydroxyl groups excluding tert-OH is 1. The van der Waals surface area contributed by atoms with Gasteiger partial charge in [-0.15, -0.1) is 0 Å². The van der Waals surface area contributed by atoms with Crippen LogP contribution in [0.15, 0.2) is 54.9 Å². The molecule has 1 aromatic heterocycles. The van der Waals surface area contributed by atoms with Crippen LogP contribution in [-0.2, 0) is 4.79 Å². The summed E-state index contributed by atoms with van der Waals surface area (Å²) in [7, 11) is 0. The predicted molar refractivity (Wildman–Crippen MR) is 108 cm³/mol. The second kappa shape index (κ2) is 8.80. The largest absolute Gasteiger partial charge is 0.394 e. The maximum absolute atomic E-state index is 12.4. The first-order chi connectivity index (χ1) is 13.6. The first-order valence-electron chi connectivity index (χ1n) is 9.37. The van der Waals surface area contributed by atoms with Crippen molar-refractivity contribution >= 4 is 17.9 Å². The Morgan fingerprint density at radius 1 is 1.14 bits per heavy atom. The lowest BCUT2D eigenvalue weighted by Crippen LogP contribution is -2.68. The summed E-state index contributed by atoms with van der Waals surface area (Å²) in [6.45, 7) is 3.66. The quantitative estimate of drug-likeness (QED) is 0.806. The van der Waals surface area contributed by atoms with Gasteiger partial charge in [-0.2, -0.15) is 0 Å². The highest BCUT2D eigenvalue weighted by molar-refractivity contribution is 5.94. The molecular weight excluding hydrogens is 354 g/mol. The second-order valence-corrected chi connectivity index (χ2v) is 6.88. The Kier molecular flexibility index (Phi) is 6.21. The van der Waals surface area contributed by atoms with E-state index < -0.39 is 0 Å². The zero-order valence-electron chi connectivity index (χ0n) is 16.1.